The number of nitrogens with zero attached hydrogens (tertiary/aromatic N) is 2. The van der Waals surface area contributed by atoms with E-state index in [0.29, 0.717) is 16.0 Å². The molecule has 0 bridgehead atoms. The third-order valence-electron chi connectivity index (χ3n) is 4.82. The van der Waals surface area contributed by atoms with Gasteiger partial charge >= 0.3 is 0 Å². The van der Waals surface area contributed by atoms with Crippen LogP contribution < -0.4 is 5.56 Å². The predicted molar refractivity (Wildman–Crippen MR) is 105 cm³/mol. The van der Waals surface area contributed by atoms with Crippen LogP contribution in [-0.2, 0) is 7.05 Å². The van der Waals surface area contributed by atoms with Crippen LogP contribution >= 0.6 is 11.3 Å². The summed E-state index contributed by atoms with van der Waals surface area (Å²) >= 11 is 1.43. The molecule has 0 saturated heterocycles. The van der Waals surface area contributed by atoms with E-state index in [1.165, 1.54) is 11.3 Å². The van der Waals surface area contributed by atoms with Crippen molar-refractivity contribution >= 4 is 44.4 Å². The third kappa shape index (κ3) is 1.89. The van der Waals surface area contributed by atoms with E-state index in [-0.39, 0.29) is 11.3 Å². The molecule has 126 valence electrons. The maximum Gasteiger partial charge on any atom is 0.261 e. The van der Waals surface area contributed by atoms with Gasteiger partial charge in [-0.15, -0.1) is 11.3 Å². The zero-order chi connectivity index (χ0) is 17.8. The molecule has 0 aliphatic rings. The van der Waals surface area contributed by atoms with E-state index in [0.717, 1.165) is 21.9 Å². The van der Waals surface area contributed by atoms with Gasteiger partial charge in [-0.25, -0.2) is 0 Å². The minimum Gasteiger partial charge on any atom is -0.296 e. The quantitative estimate of drug-likeness (QED) is 0.443. The average molecular weight is 358 g/mol. The van der Waals surface area contributed by atoms with E-state index in [4.69, 9.17) is 0 Å². The van der Waals surface area contributed by atoms with Crippen molar-refractivity contribution in [2.75, 3.05) is 0 Å². The van der Waals surface area contributed by atoms with Crippen LogP contribution in [0.5, 0.6) is 0 Å². The fourth-order valence-corrected chi connectivity index (χ4v) is 4.34. The van der Waals surface area contributed by atoms with E-state index < -0.39 is 0 Å². The fraction of sp³-hybridized carbons (Fsp3) is 0.0476. The summed E-state index contributed by atoms with van der Waals surface area (Å²) in [6, 6.07) is 18.9. The highest BCUT2D eigenvalue weighted by Gasteiger charge is 2.23. The summed E-state index contributed by atoms with van der Waals surface area (Å²) in [5, 5.41) is 4.26. The summed E-state index contributed by atoms with van der Waals surface area (Å²) in [6.45, 7) is 0. The number of aromatic nitrogens is 2. The molecule has 0 amide bonds. The Hall–Kier alpha value is -3.18. The van der Waals surface area contributed by atoms with Gasteiger partial charge in [0.05, 0.1) is 15.8 Å². The van der Waals surface area contributed by atoms with Gasteiger partial charge in [-0.05, 0) is 23.6 Å². The van der Waals surface area contributed by atoms with Crippen LogP contribution in [0.25, 0.3) is 27.3 Å². The molecule has 0 radical (unpaired) electrons. The minimum atomic E-state index is -0.0634. The Bertz CT molecular complexity index is 1370. The van der Waals surface area contributed by atoms with Crippen LogP contribution in [0.15, 0.2) is 70.8 Å². The number of carbonyl (C=O) groups is 1. The smallest absolute Gasteiger partial charge is 0.261 e. The Balaban J connectivity index is 2.10. The lowest BCUT2D eigenvalue weighted by molar-refractivity contribution is 0.103. The molecule has 0 aliphatic carbocycles. The van der Waals surface area contributed by atoms with Crippen LogP contribution in [0.4, 0.5) is 0 Å². The van der Waals surface area contributed by atoms with E-state index in [1.807, 2.05) is 64.4 Å². The molecular formula is C21H14N2O2S. The van der Waals surface area contributed by atoms with Gasteiger partial charge in [-0.2, -0.15) is 0 Å². The zero-order valence-corrected chi connectivity index (χ0v) is 14.8. The van der Waals surface area contributed by atoms with Crippen molar-refractivity contribution in [2.24, 2.45) is 7.05 Å². The first-order chi connectivity index (χ1) is 12.7. The van der Waals surface area contributed by atoms with Crippen LogP contribution in [0.3, 0.4) is 0 Å². The number of aryl methyl sites for hydroxylation is 1. The molecule has 0 N–H and O–H groups in total. The van der Waals surface area contributed by atoms with Crippen molar-refractivity contribution in [1.29, 1.82) is 0 Å². The number of hydrogen-bond acceptors (Lipinski definition) is 3. The van der Waals surface area contributed by atoms with Crippen molar-refractivity contribution in [1.82, 2.24) is 8.97 Å². The van der Waals surface area contributed by atoms with Gasteiger partial charge in [0.1, 0.15) is 11.3 Å². The molecule has 3 aromatic heterocycles. The maximum absolute atomic E-state index is 13.3. The Morgan fingerprint density at radius 1 is 0.885 bits per heavy atom. The molecule has 4 nitrogen and oxygen atoms in total. The molecule has 26 heavy (non-hydrogen) atoms. The molecule has 5 rings (SSSR count). The standard InChI is InChI=1S/C21H14N2O2S/c1-22-20-14-8-3-2-7-13(14)18(19(24)17-11-6-12-26-17)23(20)16-10-5-4-9-15(16)21(22)25/h2-12H,1H3. The Morgan fingerprint density at radius 2 is 1.58 bits per heavy atom. The first kappa shape index (κ1) is 15.1. The lowest BCUT2D eigenvalue weighted by Gasteiger charge is -2.10. The van der Waals surface area contributed by atoms with Crippen LogP contribution in [-0.4, -0.2) is 14.8 Å². The van der Waals surface area contributed by atoms with Crippen LogP contribution in [0, 0.1) is 0 Å². The SMILES string of the molecule is Cn1c(=O)c2ccccc2n2c(C(=O)c3cccs3)c3ccccc3c12. The molecule has 0 atom stereocenters. The van der Waals surface area contributed by atoms with E-state index >= 15 is 0 Å². The van der Waals surface area contributed by atoms with Gasteiger partial charge in [-0.1, -0.05) is 42.5 Å². The van der Waals surface area contributed by atoms with Crippen molar-refractivity contribution in [3.05, 3.63) is 87.0 Å². The molecule has 0 unspecified atom stereocenters. The van der Waals surface area contributed by atoms with Gasteiger partial charge in [0.25, 0.3) is 5.56 Å². The highest BCUT2D eigenvalue weighted by atomic mass is 32.1. The Labute approximate surface area is 152 Å². The van der Waals surface area contributed by atoms with Crippen molar-refractivity contribution < 1.29 is 4.79 Å². The van der Waals surface area contributed by atoms with Crippen molar-refractivity contribution in [3.8, 4) is 0 Å². The number of fused-ring (bicyclic) bond motifs is 5. The van der Waals surface area contributed by atoms with Crippen LogP contribution in [0.2, 0.25) is 0 Å². The van der Waals surface area contributed by atoms with E-state index in [9.17, 15) is 9.59 Å². The second-order valence-electron chi connectivity index (χ2n) is 6.24. The van der Waals surface area contributed by atoms with Gasteiger partial charge in [0.15, 0.2) is 0 Å². The van der Waals surface area contributed by atoms with Gasteiger partial charge in [-0.3, -0.25) is 18.6 Å². The zero-order valence-electron chi connectivity index (χ0n) is 14.0. The lowest BCUT2D eigenvalue weighted by Crippen LogP contribution is -2.20. The highest BCUT2D eigenvalue weighted by molar-refractivity contribution is 7.12. The molecule has 5 aromatic rings. The topological polar surface area (TPSA) is 43.5 Å². The highest BCUT2D eigenvalue weighted by Crippen LogP contribution is 2.31. The summed E-state index contributed by atoms with van der Waals surface area (Å²) in [4.78, 5) is 26.9. The fourth-order valence-electron chi connectivity index (χ4n) is 3.67. The third-order valence-corrected chi connectivity index (χ3v) is 5.68. The number of thiophene rings is 1. The molecular weight excluding hydrogens is 344 g/mol. The normalized spacial score (nSPS) is 11.6. The molecule has 0 spiro atoms. The molecule has 5 heteroatoms. The lowest BCUT2D eigenvalue weighted by atomic mass is 10.1. The molecule has 2 aromatic carbocycles. The van der Waals surface area contributed by atoms with Crippen LogP contribution in [0.1, 0.15) is 15.4 Å². The summed E-state index contributed by atoms with van der Waals surface area (Å²) in [6.07, 6.45) is 0. The second-order valence-corrected chi connectivity index (χ2v) is 7.19. The predicted octanol–water partition coefficient (Wildman–Crippen LogP) is 4.24. The number of carbonyl (C=O) groups excluding carboxylic acids is 1. The largest absolute Gasteiger partial charge is 0.296 e. The van der Waals surface area contributed by atoms with Gasteiger partial charge in [0, 0.05) is 17.8 Å². The van der Waals surface area contributed by atoms with Gasteiger partial charge < -0.3 is 0 Å². The Morgan fingerprint density at radius 3 is 2.31 bits per heavy atom. The summed E-state index contributed by atoms with van der Waals surface area (Å²) < 4.78 is 3.57. The van der Waals surface area contributed by atoms with E-state index in [2.05, 4.69) is 0 Å². The maximum atomic E-state index is 13.3. The monoisotopic (exact) mass is 358 g/mol. The number of rotatable bonds is 2. The summed E-state index contributed by atoms with van der Waals surface area (Å²) in [5.74, 6) is -0.0278. The molecule has 0 fully saturated rings. The molecule has 3 heterocycles. The number of hydrogen-bond donors (Lipinski definition) is 0. The Kier molecular flexibility index (Phi) is 3.14. The number of benzene rings is 2. The number of para-hydroxylation sites is 1. The van der Waals surface area contributed by atoms with Gasteiger partial charge in [0.2, 0.25) is 5.78 Å². The molecule has 0 aliphatic heterocycles. The first-order valence-corrected chi connectivity index (χ1v) is 9.15. The molecule has 0 saturated carbocycles. The average Bonchev–Trinajstić information content (AvgIpc) is 3.32. The number of ketones is 1. The summed E-state index contributed by atoms with van der Waals surface area (Å²) in [5.41, 5.74) is 2.03. The minimum absolute atomic E-state index is 0.0278. The summed E-state index contributed by atoms with van der Waals surface area (Å²) in [7, 11) is 1.76. The van der Waals surface area contributed by atoms with Crippen molar-refractivity contribution in [2.45, 2.75) is 0 Å². The second kappa shape index (κ2) is 5.41. The first-order valence-electron chi connectivity index (χ1n) is 8.27. The van der Waals surface area contributed by atoms with E-state index in [1.54, 1.807) is 17.7 Å². The van der Waals surface area contributed by atoms with Crippen molar-refractivity contribution in [3.63, 3.8) is 0 Å².